The largest absolute Gasteiger partial charge is 0.466 e. The van der Waals surface area contributed by atoms with Gasteiger partial charge in [-0.3, -0.25) is 4.79 Å². The number of alkyl halides is 1. The van der Waals surface area contributed by atoms with E-state index in [0.717, 1.165) is 6.42 Å². The summed E-state index contributed by atoms with van der Waals surface area (Å²) in [6.45, 7) is 2.38. The van der Waals surface area contributed by atoms with E-state index in [2.05, 4.69) is 22.6 Å². The van der Waals surface area contributed by atoms with Crippen LogP contribution < -0.4 is 0 Å². The Hall–Kier alpha value is 0.200. The number of halogens is 1. The molecule has 0 aliphatic heterocycles. The molecule has 0 radical (unpaired) electrons. The van der Waals surface area contributed by atoms with E-state index in [1.807, 2.05) is 6.92 Å². The summed E-state index contributed by atoms with van der Waals surface area (Å²) in [4.78, 5) is 11.1. The summed E-state index contributed by atoms with van der Waals surface area (Å²) in [6.07, 6.45) is 5.68. The number of rotatable bonds is 4. The zero-order valence-corrected chi connectivity index (χ0v) is 10.1. The molecule has 0 aromatic heterocycles. The van der Waals surface area contributed by atoms with E-state index in [1.165, 1.54) is 19.3 Å². The quantitative estimate of drug-likeness (QED) is 0.453. The van der Waals surface area contributed by atoms with Crippen molar-refractivity contribution in [2.24, 2.45) is 5.41 Å². The summed E-state index contributed by atoms with van der Waals surface area (Å²) in [7, 11) is 0. The van der Waals surface area contributed by atoms with Gasteiger partial charge in [0.1, 0.15) is 0 Å². The average Bonchev–Trinajstić information content (AvgIpc) is 1.95. The molecule has 0 N–H and O–H groups in total. The highest BCUT2D eigenvalue weighted by molar-refractivity contribution is 14.1. The van der Waals surface area contributed by atoms with Gasteiger partial charge in [-0.05, 0) is 38.0 Å². The third-order valence-electron chi connectivity index (χ3n) is 3.24. The van der Waals surface area contributed by atoms with Crippen molar-refractivity contribution in [3.63, 3.8) is 0 Å². The van der Waals surface area contributed by atoms with Gasteiger partial charge in [0.15, 0.2) is 0 Å². The molecule has 0 heterocycles. The van der Waals surface area contributed by atoms with Gasteiger partial charge in [0.25, 0.3) is 0 Å². The monoisotopic (exact) mass is 294 g/mol. The second kappa shape index (κ2) is 3.11. The number of carbonyl (C=O) groups excluding carboxylic acids is 1. The van der Waals surface area contributed by atoms with Crippen molar-refractivity contribution in [2.75, 3.05) is 6.61 Å². The fraction of sp³-hybridized carbons (Fsp3) is 0.900. The smallest absolute Gasteiger partial charge is 0.305 e. The summed E-state index contributed by atoms with van der Waals surface area (Å²) in [5.74, 6) is -0.0188. The predicted octanol–water partition coefficient (Wildman–Crippen LogP) is 2.69. The highest BCUT2D eigenvalue weighted by atomic mass is 127. The zero-order chi connectivity index (χ0) is 9.53. The number of ether oxygens (including phenoxy) is 1. The molecule has 0 atom stereocenters. The Morgan fingerprint density at radius 3 is 2.54 bits per heavy atom. The van der Waals surface area contributed by atoms with E-state index in [1.54, 1.807) is 0 Å². The molecule has 3 saturated carbocycles. The van der Waals surface area contributed by atoms with Crippen LogP contribution in [0.3, 0.4) is 0 Å². The van der Waals surface area contributed by atoms with Gasteiger partial charge >= 0.3 is 5.97 Å². The molecule has 0 aromatic rings. The van der Waals surface area contributed by atoms with Gasteiger partial charge in [-0.1, -0.05) is 22.6 Å². The number of carbonyl (C=O) groups is 1. The van der Waals surface area contributed by atoms with Crippen LogP contribution >= 0.6 is 22.6 Å². The molecule has 0 aromatic carbocycles. The minimum atomic E-state index is -0.0188. The van der Waals surface area contributed by atoms with Gasteiger partial charge in [-0.2, -0.15) is 0 Å². The topological polar surface area (TPSA) is 26.3 Å². The maximum Gasteiger partial charge on any atom is 0.305 e. The van der Waals surface area contributed by atoms with E-state index in [9.17, 15) is 4.79 Å². The highest BCUT2D eigenvalue weighted by Crippen LogP contribution is 2.73. The maximum atomic E-state index is 11.1. The summed E-state index contributed by atoms with van der Waals surface area (Å²) in [6, 6.07) is 0. The van der Waals surface area contributed by atoms with Crippen LogP contribution in [0.4, 0.5) is 0 Å². The Balaban J connectivity index is 1.67. The summed E-state index contributed by atoms with van der Waals surface area (Å²) >= 11 is 2.56. The lowest BCUT2D eigenvalue weighted by atomic mass is 9.43. The molecule has 3 fully saturated rings. The van der Waals surface area contributed by atoms with E-state index < -0.39 is 0 Å². The maximum absolute atomic E-state index is 11.1. The predicted molar refractivity (Wildman–Crippen MR) is 58.9 cm³/mol. The standard InChI is InChI=1S/C10H15IO2/c1-2-13-8(12)3-4-9-5-10(11,6-9)7-9/h2-7H2,1H3. The van der Waals surface area contributed by atoms with Crippen LogP contribution in [0.5, 0.6) is 0 Å². The van der Waals surface area contributed by atoms with E-state index in [-0.39, 0.29) is 5.97 Å². The molecule has 0 amide bonds. The van der Waals surface area contributed by atoms with Crippen LogP contribution in [0.15, 0.2) is 0 Å². The summed E-state index contributed by atoms with van der Waals surface area (Å²) in [5.41, 5.74) is 0.550. The first-order valence-electron chi connectivity index (χ1n) is 4.92. The summed E-state index contributed by atoms with van der Waals surface area (Å²) in [5, 5.41) is 0. The second-order valence-electron chi connectivity index (χ2n) is 4.49. The molecular formula is C10H15IO2. The Morgan fingerprint density at radius 2 is 2.08 bits per heavy atom. The molecule has 3 aliphatic rings. The average molecular weight is 294 g/mol. The Bertz CT molecular complexity index is 217. The molecule has 3 heteroatoms. The Morgan fingerprint density at radius 1 is 1.46 bits per heavy atom. The fourth-order valence-corrected chi connectivity index (χ4v) is 5.15. The molecule has 3 rings (SSSR count). The van der Waals surface area contributed by atoms with E-state index in [4.69, 9.17) is 4.74 Å². The van der Waals surface area contributed by atoms with Gasteiger partial charge in [0.05, 0.1) is 6.61 Å². The van der Waals surface area contributed by atoms with E-state index >= 15 is 0 Å². The number of esters is 1. The fourth-order valence-electron chi connectivity index (χ4n) is 2.73. The van der Waals surface area contributed by atoms with Crippen molar-refractivity contribution in [1.82, 2.24) is 0 Å². The lowest BCUT2D eigenvalue weighted by Gasteiger charge is -2.68. The molecule has 74 valence electrons. The Labute approximate surface area is 92.5 Å². The lowest BCUT2D eigenvalue weighted by Crippen LogP contribution is -2.63. The van der Waals surface area contributed by atoms with Crippen molar-refractivity contribution >= 4 is 28.6 Å². The minimum absolute atomic E-state index is 0.0188. The van der Waals surface area contributed by atoms with Gasteiger partial charge in [-0.15, -0.1) is 0 Å². The van der Waals surface area contributed by atoms with Crippen LogP contribution in [-0.4, -0.2) is 16.0 Å². The third kappa shape index (κ3) is 1.72. The molecule has 0 saturated heterocycles. The van der Waals surface area contributed by atoms with Crippen LogP contribution in [0.25, 0.3) is 0 Å². The lowest BCUT2D eigenvalue weighted by molar-refractivity contribution is -0.146. The number of hydrogen-bond donors (Lipinski definition) is 0. The van der Waals surface area contributed by atoms with Crippen molar-refractivity contribution in [1.29, 1.82) is 0 Å². The van der Waals surface area contributed by atoms with Crippen molar-refractivity contribution in [3.8, 4) is 0 Å². The van der Waals surface area contributed by atoms with Crippen LogP contribution in [0.2, 0.25) is 0 Å². The highest BCUT2D eigenvalue weighted by Gasteiger charge is 2.65. The van der Waals surface area contributed by atoms with Crippen LogP contribution in [0.1, 0.15) is 39.0 Å². The van der Waals surface area contributed by atoms with Gasteiger partial charge < -0.3 is 4.74 Å². The first-order valence-corrected chi connectivity index (χ1v) is 6.00. The first-order chi connectivity index (χ1) is 6.08. The minimum Gasteiger partial charge on any atom is -0.466 e. The van der Waals surface area contributed by atoms with Crippen LogP contribution in [0, 0.1) is 5.41 Å². The normalized spacial score (nSPS) is 40.5. The SMILES string of the molecule is CCOC(=O)CCC12CC(I)(C1)C2. The summed E-state index contributed by atoms with van der Waals surface area (Å²) < 4.78 is 5.54. The van der Waals surface area contributed by atoms with Gasteiger partial charge in [0, 0.05) is 9.84 Å². The molecule has 3 aliphatic carbocycles. The molecular weight excluding hydrogens is 279 g/mol. The molecule has 2 bridgehead atoms. The van der Waals surface area contributed by atoms with Crippen molar-refractivity contribution < 1.29 is 9.53 Å². The van der Waals surface area contributed by atoms with Crippen molar-refractivity contribution in [2.45, 2.75) is 42.4 Å². The first kappa shape index (κ1) is 9.74. The van der Waals surface area contributed by atoms with Gasteiger partial charge in [0.2, 0.25) is 0 Å². The molecule has 13 heavy (non-hydrogen) atoms. The van der Waals surface area contributed by atoms with E-state index in [0.29, 0.717) is 21.9 Å². The number of hydrogen-bond acceptors (Lipinski definition) is 2. The van der Waals surface area contributed by atoms with Gasteiger partial charge in [-0.25, -0.2) is 0 Å². The zero-order valence-electron chi connectivity index (χ0n) is 7.94. The molecule has 2 nitrogen and oxygen atoms in total. The van der Waals surface area contributed by atoms with Crippen LogP contribution in [-0.2, 0) is 9.53 Å². The molecule has 0 unspecified atom stereocenters. The second-order valence-corrected chi connectivity index (χ2v) is 6.77. The Kier molecular flexibility index (Phi) is 2.33. The third-order valence-corrected chi connectivity index (χ3v) is 4.38. The van der Waals surface area contributed by atoms with Crippen molar-refractivity contribution in [3.05, 3.63) is 0 Å². The molecule has 0 spiro atoms.